The van der Waals surface area contributed by atoms with Crippen molar-refractivity contribution in [1.29, 1.82) is 0 Å². The maximum atomic E-state index is 10.1. The number of aliphatic hydroxyl groups excluding tert-OH is 1. The summed E-state index contributed by atoms with van der Waals surface area (Å²) in [7, 11) is 0. The van der Waals surface area contributed by atoms with Crippen LogP contribution >= 0.6 is 0 Å². The van der Waals surface area contributed by atoms with Crippen LogP contribution in [0.4, 0.5) is 0 Å². The Balaban J connectivity index is 1.58. The van der Waals surface area contributed by atoms with Gasteiger partial charge in [0.15, 0.2) is 0 Å². The quantitative estimate of drug-likeness (QED) is 0.775. The third-order valence-electron chi connectivity index (χ3n) is 5.11. The average Bonchev–Trinajstić information content (AvgIpc) is 2.87. The normalized spacial score (nSPS) is 31.7. The van der Waals surface area contributed by atoms with E-state index in [4.69, 9.17) is 0 Å². The predicted molar refractivity (Wildman–Crippen MR) is 80.3 cm³/mol. The first-order chi connectivity index (χ1) is 9.17. The van der Waals surface area contributed by atoms with Crippen molar-refractivity contribution in [2.45, 2.75) is 64.5 Å². The van der Waals surface area contributed by atoms with E-state index in [0.717, 1.165) is 24.9 Å². The second-order valence-electron chi connectivity index (χ2n) is 6.83. The van der Waals surface area contributed by atoms with Gasteiger partial charge in [0.25, 0.3) is 0 Å². The molecule has 2 aliphatic rings. The highest BCUT2D eigenvalue weighted by Crippen LogP contribution is 2.27. The van der Waals surface area contributed by atoms with Crippen molar-refractivity contribution < 1.29 is 5.11 Å². The molecule has 0 aromatic rings. The van der Waals surface area contributed by atoms with E-state index in [9.17, 15) is 5.11 Å². The molecule has 0 aromatic carbocycles. The van der Waals surface area contributed by atoms with Gasteiger partial charge >= 0.3 is 0 Å². The van der Waals surface area contributed by atoms with Crippen molar-refractivity contribution in [1.82, 2.24) is 10.2 Å². The topological polar surface area (TPSA) is 35.5 Å². The molecular formula is C16H32N2O. The van der Waals surface area contributed by atoms with Crippen LogP contribution in [-0.2, 0) is 0 Å². The molecule has 3 atom stereocenters. The van der Waals surface area contributed by atoms with E-state index in [1.54, 1.807) is 0 Å². The fourth-order valence-corrected chi connectivity index (χ4v) is 3.54. The van der Waals surface area contributed by atoms with Gasteiger partial charge in [-0.25, -0.2) is 0 Å². The summed E-state index contributed by atoms with van der Waals surface area (Å²) in [6, 6.07) is 0.654. The van der Waals surface area contributed by atoms with E-state index in [-0.39, 0.29) is 6.10 Å². The van der Waals surface area contributed by atoms with Gasteiger partial charge in [-0.3, -0.25) is 0 Å². The van der Waals surface area contributed by atoms with Gasteiger partial charge in [0.05, 0.1) is 6.10 Å². The molecule has 0 amide bonds. The summed E-state index contributed by atoms with van der Waals surface area (Å²) in [5, 5.41) is 13.7. The summed E-state index contributed by atoms with van der Waals surface area (Å²) < 4.78 is 0. The molecule has 1 saturated carbocycles. The molecule has 1 heterocycles. The Hall–Kier alpha value is -0.120. The first kappa shape index (κ1) is 15.3. The Morgan fingerprint density at radius 3 is 2.58 bits per heavy atom. The molecule has 2 fully saturated rings. The van der Waals surface area contributed by atoms with Crippen molar-refractivity contribution in [3.8, 4) is 0 Å². The minimum absolute atomic E-state index is 0.200. The molecule has 1 saturated heterocycles. The van der Waals surface area contributed by atoms with Gasteiger partial charge in [0, 0.05) is 19.1 Å². The number of hydrogen-bond acceptors (Lipinski definition) is 3. The first-order valence-corrected chi connectivity index (χ1v) is 8.31. The number of piperidine rings is 1. The molecule has 19 heavy (non-hydrogen) atoms. The summed E-state index contributed by atoms with van der Waals surface area (Å²) >= 11 is 0. The lowest BCUT2D eigenvalue weighted by atomic mass is 9.99. The third kappa shape index (κ3) is 5.05. The fourth-order valence-electron chi connectivity index (χ4n) is 3.54. The van der Waals surface area contributed by atoms with Crippen LogP contribution in [0.25, 0.3) is 0 Å². The zero-order chi connectivity index (χ0) is 13.7. The Kier molecular flexibility index (Phi) is 6.11. The summed E-state index contributed by atoms with van der Waals surface area (Å²) in [5.41, 5.74) is 0. The maximum absolute atomic E-state index is 10.1. The van der Waals surface area contributed by atoms with Crippen molar-refractivity contribution in [3.63, 3.8) is 0 Å². The van der Waals surface area contributed by atoms with Crippen LogP contribution in [-0.4, -0.2) is 48.3 Å². The first-order valence-electron chi connectivity index (χ1n) is 8.31. The van der Waals surface area contributed by atoms with Gasteiger partial charge in [-0.05, 0) is 57.0 Å². The predicted octanol–water partition coefficient (Wildman–Crippen LogP) is 2.25. The number of rotatable bonds is 6. The Labute approximate surface area is 118 Å². The molecule has 0 aromatic heterocycles. The molecule has 0 spiro atoms. The molecule has 3 nitrogen and oxygen atoms in total. The largest absolute Gasteiger partial charge is 0.390 e. The zero-order valence-corrected chi connectivity index (χ0v) is 12.8. The lowest BCUT2D eigenvalue weighted by Crippen LogP contribution is -2.43. The second-order valence-corrected chi connectivity index (χ2v) is 6.83. The van der Waals surface area contributed by atoms with Gasteiger partial charge in [-0.1, -0.05) is 20.3 Å². The highest BCUT2D eigenvalue weighted by Gasteiger charge is 2.24. The van der Waals surface area contributed by atoms with Crippen LogP contribution in [0, 0.1) is 11.8 Å². The van der Waals surface area contributed by atoms with Gasteiger partial charge in [-0.2, -0.15) is 0 Å². The van der Waals surface area contributed by atoms with Gasteiger partial charge in [-0.15, -0.1) is 0 Å². The Bertz CT molecular complexity index is 251. The Morgan fingerprint density at radius 2 is 1.95 bits per heavy atom. The molecule has 1 aliphatic heterocycles. The molecule has 0 bridgehead atoms. The SMILES string of the molecule is CCC1CCC(NCC(O)CN2CCC(C)CC2)C1. The van der Waals surface area contributed by atoms with Crippen LogP contribution in [0.3, 0.4) is 0 Å². The van der Waals surface area contributed by atoms with E-state index >= 15 is 0 Å². The highest BCUT2D eigenvalue weighted by atomic mass is 16.3. The average molecular weight is 268 g/mol. The van der Waals surface area contributed by atoms with E-state index < -0.39 is 0 Å². The van der Waals surface area contributed by atoms with E-state index in [2.05, 4.69) is 24.1 Å². The fraction of sp³-hybridized carbons (Fsp3) is 1.00. The number of likely N-dealkylation sites (tertiary alicyclic amines) is 1. The molecule has 2 N–H and O–H groups in total. The van der Waals surface area contributed by atoms with Crippen LogP contribution in [0.2, 0.25) is 0 Å². The maximum Gasteiger partial charge on any atom is 0.0791 e. The van der Waals surface area contributed by atoms with Crippen LogP contribution in [0.1, 0.15) is 52.4 Å². The summed E-state index contributed by atoms with van der Waals surface area (Å²) in [5.74, 6) is 1.79. The van der Waals surface area contributed by atoms with Crippen molar-refractivity contribution in [2.24, 2.45) is 11.8 Å². The summed E-state index contributed by atoms with van der Waals surface area (Å²) in [6.07, 6.45) is 7.67. The molecule has 3 unspecified atom stereocenters. The summed E-state index contributed by atoms with van der Waals surface area (Å²) in [6.45, 7) is 8.58. The lowest BCUT2D eigenvalue weighted by molar-refractivity contribution is 0.0888. The Morgan fingerprint density at radius 1 is 1.21 bits per heavy atom. The van der Waals surface area contributed by atoms with Crippen LogP contribution in [0.5, 0.6) is 0 Å². The third-order valence-corrected chi connectivity index (χ3v) is 5.11. The zero-order valence-electron chi connectivity index (χ0n) is 12.8. The minimum atomic E-state index is -0.200. The van der Waals surface area contributed by atoms with E-state index in [1.807, 2.05) is 0 Å². The highest BCUT2D eigenvalue weighted by molar-refractivity contribution is 4.81. The van der Waals surface area contributed by atoms with Crippen molar-refractivity contribution in [2.75, 3.05) is 26.2 Å². The molecule has 3 heteroatoms. The molecule has 0 radical (unpaired) electrons. The molecular weight excluding hydrogens is 236 g/mol. The molecule has 1 aliphatic carbocycles. The minimum Gasteiger partial charge on any atom is -0.390 e. The van der Waals surface area contributed by atoms with Crippen molar-refractivity contribution >= 4 is 0 Å². The van der Waals surface area contributed by atoms with Gasteiger partial charge in [0.1, 0.15) is 0 Å². The van der Waals surface area contributed by atoms with Crippen molar-refractivity contribution in [3.05, 3.63) is 0 Å². The van der Waals surface area contributed by atoms with Gasteiger partial charge in [0.2, 0.25) is 0 Å². The number of nitrogens with one attached hydrogen (secondary N) is 1. The van der Waals surface area contributed by atoms with E-state index in [1.165, 1.54) is 51.6 Å². The monoisotopic (exact) mass is 268 g/mol. The number of β-amino-alcohol motifs (C(OH)–C–C–N with tert-alkyl or cyclic N) is 1. The second kappa shape index (κ2) is 7.61. The standard InChI is InChI=1S/C16H32N2O/c1-3-14-4-5-15(10-14)17-11-16(19)12-18-8-6-13(2)7-9-18/h13-17,19H,3-12H2,1-2H3. The van der Waals surface area contributed by atoms with Gasteiger partial charge < -0.3 is 15.3 Å². The summed E-state index contributed by atoms with van der Waals surface area (Å²) in [4.78, 5) is 2.43. The molecule has 2 rings (SSSR count). The number of aliphatic hydroxyl groups is 1. The number of hydrogen-bond donors (Lipinski definition) is 2. The molecule has 112 valence electrons. The van der Waals surface area contributed by atoms with E-state index in [0.29, 0.717) is 6.04 Å². The number of nitrogens with zero attached hydrogens (tertiary/aromatic N) is 1. The van der Waals surface area contributed by atoms with Crippen LogP contribution in [0.15, 0.2) is 0 Å². The van der Waals surface area contributed by atoms with Crippen LogP contribution < -0.4 is 5.32 Å². The lowest BCUT2D eigenvalue weighted by Gasteiger charge is -2.32. The smallest absolute Gasteiger partial charge is 0.0791 e.